The maximum Gasteiger partial charge on any atom is 0.189 e. The van der Waals surface area contributed by atoms with Gasteiger partial charge in [-0.2, -0.15) is 0 Å². The van der Waals surface area contributed by atoms with Gasteiger partial charge in [-0.15, -0.1) is 11.8 Å². The summed E-state index contributed by atoms with van der Waals surface area (Å²) in [5.41, 5.74) is 2.56. The molecule has 2 rings (SSSR count). The summed E-state index contributed by atoms with van der Waals surface area (Å²) in [5, 5.41) is 9.22. The summed E-state index contributed by atoms with van der Waals surface area (Å²) in [6.07, 6.45) is 0. The monoisotopic (exact) mass is 303 g/mol. The van der Waals surface area contributed by atoms with Crippen molar-refractivity contribution < 1.29 is 14.7 Å². The van der Waals surface area contributed by atoms with Crippen molar-refractivity contribution >= 4 is 23.3 Å². The number of aromatic amines is 1. The van der Waals surface area contributed by atoms with Crippen LogP contribution in [0.3, 0.4) is 0 Å². The molecule has 0 amide bonds. The van der Waals surface area contributed by atoms with Crippen LogP contribution in [0, 0.1) is 13.8 Å². The molecule has 1 aromatic carbocycles. The number of benzene rings is 1. The lowest BCUT2D eigenvalue weighted by Gasteiger charge is -2.02. The van der Waals surface area contributed by atoms with Crippen LogP contribution in [0.25, 0.3) is 0 Å². The summed E-state index contributed by atoms with van der Waals surface area (Å²) < 4.78 is 0. The Morgan fingerprint density at radius 3 is 2.33 bits per heavy atom. The van der Waals surface area contributed by atoms with E-state index in [1.54, 1.807) is 38.1 Å². The molecule has 0 aliphatic heterocycles. The second kappa shape index (κ2) is 6.18. The predicted molar refractivity (Wildman–Crippen MR) is 83.4 cm³/mol. The van der Waals surface area contributed by atoms with E-state index in [1.807, 2.05) is 0 Å². The first-order chi connectivity index (χ1) is 9.90. The van der Waals surface area contributed by atoms with Crippen LogP contribution in [0.4, 0.5) is 0 Å². The number of nitrogens with one attached hydrogen (secondary N) is 1. The van der Waals surface area contributed by atoms with Gasteiger partial charge in [0.1, 0.15) is 5.75 Å². The SMILES string of the molecule is CC(=O)c1c(C)[nH]c(C(=O)CSc2ccc(O)cc2)c1C. The van der Waals surface area contributed by atoms with Gasteiger partial charge in [-0.1, -0.05) is 0 Å². The third kappa shape index (κ3) is 3.36. The molecule has 0 aliphatic rings. The zero-order chi connectivity index (χ0) is 15.6. The fourth-order valence-corrected chi connectivity index (χ4v) is 3.09. The molecule has 110 valence electrons. The lowest BCUT2D eigenvalue weighted by atomic mass is 10.1. The summed E-state index contributed by atoms with van der Waals surface area (Å²) in [5.74, 6) is 0.406. The first-order valence-corrected chi connectivity index (χ1v) is 7.54. The van der Waals surface area contributed by atoms with E-state index in [4.69, 9.17) is 0 Å². The Bertz CT molecular complexity index is 686. The van der Waals surface area contributed by atoms with Crippen LogP contribution in [0.1, 0.15) is 39.0 Å². The molecule has 0 spiro atoms. The van der Waals surface area contributed by atoms with Gasteiger partial charge in [0.2, 0.25) is 0 Å². The van der Waals surface area contributed by atoms with Crippen LogP contribution in [0.2, 0.25) is 0 Å². The fourth-order valence-electron chi connectivity index (χ4n) is 2.32. The first-order valence-electron chi connectivity index (χ1n) is 6.55. The third-order valence-electron chi connectivity index (χ3n) is 3.28. The minimum Gasteiger partial charge on any atom is -0.508 e. The van der Waals surface area contributed by atoms with Gasteiger partial charge in [0.25, 0.3) is 0 Å². The van der Waals surface area contributed by atoms with Crippen molar-refractivity contribution in [2.75, 3.05) is 5.75 Å². The average molecular weight is 303 g/mol. The summed E-state index contributed by atoms with van der Waals surface area (Å²) in [7, 11) is 0. The Kier molecular flexibility index (Phi) is 4.53. The lowest BCUT2D eigenvalue weighted by Crippen LogP contribution is -2.05. The van der Waals surface area contributed by atoms with Crippen molar-refractivity contribution in [3.63, 3.8) is 0 Å². The highest BCUT2D eigenvalue weighted by Gasteiger charge is 2.19. The molecular weight excluding hydrogens is 286 g/mol. The van der Waals surface area contributed by atoms with Gasteiger partial charge in [-0.05, 0) is 50.6 Å². The quantitative estimate of drug-likeness (QED) is 0.655. The Morgan fingerprint density at radius 2 is 1.81 bits per heavy atom. The molecule has 5 heteroatoms. The number of phenolic OH excluding ortho intramolecular Hbond substituents is 1. The molecule has 1 heterocycles. The summed E-state index contributed by atoms with van der Waals surface area (Å²) in [6.45, 7) is 5.09. The van der Waals surface area contributed by atoms with E-state index in [0.29, 0.717) is 11.3 Å². The zero-order valence-electron chi connectivity index (χ0n) is 12.2. The van der Waals surface area contributed by atoms with E-state index in [1.165, 1.54) is 18.7 Å². The van der Waals surface area contributed by atoms with E-state index in [-0.39, 0.29) is 23.1 Å². The Labute approximate surface area is 127 Å². The number of hydrogen-bond acceptors (Lipinski definition) is 4. The molecule has 0 aliphatic carbocycles. The maximum atomic E-state index is 12.3. The second-order valence-corrected chi connectivity index (χ2v) is 5.94. The van der Waals surface area contributed by atoms with Gasteiger partial charge in [-0.3, -0.25) is 9.59 Å². The number of Topliss-reactive ketones (excluding diaryl/α,β-unsaturated/α-hetero) is 2. The number of hydrogen-bond donors (Lipinski definition) is 2. The van der Waals surface area contributed by atoms with Crippen molar-refractivity contribution in [1.29, 1.82) is 0 Å². The Hall–Kier alpha value is -2.01. The topological polar surface area (TPSA) is 70.2 Å². The highest BCUT2D eigenvalue weighted by Crippen LogP contribution is 2.24. The number of carbonyl (C=O) groups excluding carboxylic acids is 2. The molecule has 0 saturated carbocycles. The molecule has 0 saturated heterocycles. The van der Waals surface area contributed by atoms with Gasteiger partial charge in [0, 0.05) is 16.2 Å². The van der Waals surface area contributed by atoms with Crippen molar-refractivity contribution in [3.8, 4) is 5.75 Å². The Balaban J connectivity index is 2.12. The van der Waals surface area contributed by atoms with Gasteiger partial charge < -0.3 is 10.1 Å². The molecule has 0 unspecified atom stereocenters. The maximum absolute atomic E-state index is 12.3. The van der Waals surface area contributed by atoms with Crippen molar-refractivity contribution in [3.05, 3.63) is 46.8 Å². The minimum atomic E-state index is -0.0406. The molecule has 4 nitrogen and oxygen atoms in total. The van der Waals surface area contributed by atoms with E-state index >= 15 is 0 Å². The summed E-state index contributed by atoms with van der Waals surface area (Å²) in [4.78, 5) is 27.8. The highest BCUT2D eigenvalue weighted by molar-refractivity contribution is 8.00. The van der Waals surface area contributed by atoms with Crippen molar-refractivity contribution in [1.82, 2.24) is 4.98 Å². The summed E-state index contributed by atoms with van der Waals surface area (Å²) in [6, 6.07) is 6.71. The smallest absolute Gasteiger partial charge is 0.189 e. The third-order valence-corrected chi connectivity index (χ3v) is 4.29. The van der Waals surface area contributed by atoms with Gasteiger partial charge in [-0.25, -0.2) is 0 Å². The summed E-state index contributed by atoms with van der Waals surface area (Å²) >= 11 is 1.40. The van der Waals surface area contributed by atoms with Gasteiger partial charge in [0.05, 0.1) is 11.4 Å². The average Bonchev–Trinajstić information content (AvgIpc) is 2.73. The molecule has 2 aromatic rings. The zero-order valence-corrected chi connectivity index (χ0v) is 13.0. The molecule has 0 fully saturated rings. The number of rotatable bonds is 5. The van der Waals surface area contributed by atoms with Crippen molar-refractivity contribution in [2.45, 2.75) is 25.7 Å². The highest BCUT2D eigenvalue weighted by atomic mass is 32.2. The van der Waals surface area contributed by atoms with Crippen LogP contribution in [0.15, 0.2) is 29.2 Å². The van der Waals surface area contributed by atoms with Crippen LogP contribution < -0.4 is 0 Å². The van der Waals surface area contributed by atoms with Crippen LogP contribution in [-0.4, -0.2) is 27.4 Å². The molecule has 0 bridgehead atoms. The van der Waals surface area contributed by atoms with E-state index < -0.39 is 0 Å². The molecule has 0 atom stereocenters. The van der Waals surface area contributed by atoms with Crippen LogP contribution in [-0.2, 0) is 0 Å². The Morgan fingerprint density at radius 1 is 1.19 bits per heavy atom. The first kappa shape index (κ1) is 15.4. The van der Waals surface area contributed by atoms with Crippen molar-refractivity contribution in [2.24, 2.45) is 0 Å². The molecule has 2 N–H and O–H groups in total. The molecule has 0 radical (unpaired) electrons. The standard InChI is InChI=1S/C16H17NO3S/c1-9-15(11(3)18)10(2)17-16(9)14(20)8-21-13-6-4-12(19)5-7-13/h4-7,17,19H,8H2,1-3H3. The van der Waals surface area contributed by atoms with E-state index in [0.717, 1.165) is 16.2 Å². The van der Waals surface area contributed by atoms with Crippen LogP contribution >= 0.6 is 11.8 Å². The predicted octanol–water partition coefficient (Wildman–Crippen LogP) is 3.51. The van der Waals surface area contributed by atoms with E-state index in [2.05, 4.69) is 4.98 Å². The number of phenols is 1. The number of aromatic hydroxyl groups is 1. The number of aryl methyl sites for hydroxylation is 1. The van der Waals surface area contributed by atoms with E-state index in [9.17, 15) is 14.7 Å². The number of thioether (sulfide) groups is 1. The minimum absolute atomic E-state index is 0.0357. The normalized spacial score (nSPS) is 10.6. The fraction of sp³-hybridized carbons (Fsp3) is 0.250. The van der Waals surface area contributed by atoms with Gasteiger partial charge >= 0.3 is 0 Å². The molecular formula is C16H17NO3S. The molecule has 21 heavy (non-hydrogen) atoms. The lowest BCUT2D eigenvalue weighted by molar-refractivity contribution is 0.101. The number of H-pyrrole nitrogens is 1. The second-order valence-electron chi connectivity index (χ2n) is 4.89. The van der Waals surface area contributed by atoms with Crippen LogP contribution in [0.5, 0.6) is 5.75 Å². The number of aromatic nitrogens is 1. The number of carbonyl (C=O) groups is 2. The van der Waals surface area contributed by atoms with Gasteiger partial charge in [0.15, 0.2) is 11.6 Å². The molecule has 1 aromatic heterocycles. The number of ketones is 2. The largest absolute Gasteiger partial charge is 0.508 e.